The molecule has 0 heteroatoms. The SMILES string of the molecule is CCc1cc(C(C)C)cc(C(C)C)c1CC(C)C. The average Bonchev–Trinajstić information content (AvgIpc) is 2.27. The number of aryl methyl sites for hydroxylation is 1. The highest BCUT2D eigenvalue weighted by Crippen LogP contribution is 2.30. The molecule has 0 bridgehead atoms. The lowest BCUT2D eigenvalue weighted by atomic mass is 9.84. The topological polar surface area (TPSA) is 0 Å². The molecule has 0 N–H and O–H groups in total. The van der Waals surface area contributed by atoms with E-state index in [9.17, 15) is 0 Å². The van der Waals surface area contributed by atoms with Gasteiger partial charge < -0.3 is 0 Å². The Labute approximate surface area is 114 Å². The van der Waals surface area contributed by atoms with Gasteiger partial charge in [-0.3, -0.25) is 0 Å². The normalized spacial score (nSPS) is 11.9. The highest BCUT2D eigenvalue weighted by Gasteiger charge is 2.15. The molecule has 0 aliphatic carbocycles. The van der Waals surface area contributed by atoms with E-state index in [1.807, 2.05) is 0 Å². The highest BCUT2D eigenvalue weighted by molar-refractivity contribution is 5.42. The molecule has 0 atom stereocenters. The van der Waals surface area contributed by atoms with Crippen molar-refractivity contribution in [3.63, 3.8) is 0 Å². The van der Waals surface area contributed by atoms with Crippen LogP contribution >= 0.6 is 0 Å². The Bertz CT molecular complexity index is 383. The van der Waals surface area contributed by atoms with Crippen LogP contribution in [0.4, 0.5) is 0 Å². The Balaban J connectivity index is 3.36. The van der Waals surface area contributed by atoms with Crippen LogP contribution in [-0.4, -0.2) is 0 Å². The molecule has 1 rings (SSSR count). The van der Waals surface area contributed by atoms with E-state index in [4.69, 9.17) is 0 Å². The molecule has 102 valence electrons. The average molecular weight is 246 g/mol. The second-order valence-electron chi connectivity index (χ2n) is 6.51. The van der Waals surface area contributed by atoms with Crippen LogP contribution in [0.1, 0.15) is 82.6 Å². The molecule has 0 saturated heterocycles. The van der Waals surface area contributed by atoms with Crippen LogP contribution in [-0.2, 0) is 12.8 Å². The lowest BCUT2D eigenvalue weighted by molar-refractivity contribution is 0.632. The molecule has 0 nitrogen and oxygen atoms in total. The van der Waals surface area contributed by atoms with E-state index in [0.29, 0.717) is 11.8 Å². The Hall–Kier alpha value is -0.780. The first-order valence-electron chi connectivity index (χ1n) is 7.52. The fourth-order valence-corrected chi connectivity index (χ4v) is 2.60. The van der Waals surface area contributed by atoms with Crippen molar-refractivity contribution < 1.29 is 0 Å². The molecule has 1 aromatic rings. The van der Waals surface area contributed by atoms with Crippen LogP contribution in [0.3, 0.4) is 0 Å². The van der Waals surface area contributed by atoms with Crippen molar-refractivity contribution in [3.05, 3.63) is 34.4 Å². The molecular formula is C18H30. The maximum atomic E-state index is 2.45. The first-order chi connectivity index (χ1) is 8.36. The third kappa shape index (κ3) is 3.60. The maximum Gasteiger partial charge on any atom is -0.0216 e. The highest BCUT2D eigenvalue weighted by atomic mass is 14.2. The monoisotopic (exact) mass is 246 g/mol. The maximum absolute atomic E-state index is 2.45. The first-order valence-corrected chi connectivity index (χ1v) is 7.52. The fraction of sp³-hybridized carbons (Fsp3) is 0.667. The summed E-state index contributed by atoms with van der Waals surface area (Å²) in [6, 6.07) is 4.89. The van der Waals surface area contributed by atoms with Crippen molar-refractivity contribution in [2.24, 2.45) is 5.92 Å². The van der Waals surface area contributed by atoms with Crippen molar-refractivity contribution >= 4 is 0 Å². The zero-order chi connectivity index (χ0) is 13.9. The van der Waals surface area contributed by atoms with Crippen molar-refractivity contribution in [1.29, 1.82) is 0 Å². The summed E-state index contributed by atoms with van der Waals surface area (Å²) >= 11 is 0. The lowest BCUT2D eigenvalue weighted by Gasteiger charge is -2.21. The van der Waals surface area contributed by atoms with E-state index in [0.717, 1.165) is 12.3 Å². The lowest BCUT2D eigenvalue weighted by Crippen LogP contribution is -2.07. The standard InChI is InChI=1S/C18H30/c1-8-15-10-16(13(4)5)11-17(14(6)7)18(15)9-12(2)3/h10-14H,8-9H2,1-7H3. The Kier molecular flexibility index (Phi) is 5.44. The van der Waals surface area contributed by atoms with Gasteiger partial charge in [-0.15, -0.1) is 0 Å². The van der Waals surface area contributed by atoms with Crippen molar-refractivity contribution in [2.45, 2.75) is 73.1 Å². The van der Waals surface area contributed by atoms with Crippen molar-refractivity contribution in [3.8, 4) is 0 Å². The summed E-state index contributed by atoms with van der Waals surface area (Å²) in [5.74, 6) is 1.99. The molecule has 18 heavy (non-hydrogen) atoms. The van der Waals surface area contributed by atoms with Crippen LogP contribution in [0, 0.1) is 5.92 Å². The zero-order valence-corrected chi connectivity index (χ0v) is 13.3. The molecule has 1 aromatic carbocycles. The molecule has 0 unspecified atom stereocenters. The van der Waals surface area contributed by atoms with Gasteiger partial charge in [0.05, 0.1) is 0 Å². The number of hydrogen-bond donors (Lipinski definition) is 0. The van der Waals surface area contributed by atoms with Crippen molar-refractivity contribution in [1.82, 2.24) is 0 Å². The second kappa shape index (κ2) is 6.41. The van der Waals surface area contributed by atoms with Gasteiger partial charge in [0.1, 0.15) is 0 Å². The van der Waals surface area contributed by atoms with Crippen LogP contribution in [0.2, 0.25) is 0 Å². The van der Waals surface area contributed by atoms with Gasteiger partial charge in [0, 0.05) is 0 Å². The predicted molar refractivity (Wildman–Crippen MR) is 82.5 cm³/mol. The van der Waals surface area contributed by atoms with Gasteiger partial charge in [0.15, 0.2) is 0 Å². The van der Waals surface area contributed by atoms with Crippen LogP contribution in [0.25, 0.3) is 0 Å². The third-order valence-corrected chi connectivity index (χ3v) is 3.68. The van der Waals surface area contributed by atoms with Crippen LogP contribution in [0.15, 0.2) is 12.1 Å². The summed E-state index contributed by atoms with van der Waals surface area (Å²) in [5.41, 5.74) is 6.26. The Morgan fingerprint density at radius 2 is 1.50 bits per heavy atom. The minimum Gasteiger partial charge on any atom is -0.0625 e. The van der Waals surface area contributed by atoms with Crippen LogP contribution in [0.5, 0.6) is 0 Å². The minimum absolute atomic E-state index is 0.626. The van der Waals surface area contributed by atoms with Crippen LogP contribution < -0.4 is 0 Å². The van der Waals surface area contributed by atoms with Gasteiger partial charge in [0.25, 0.3) is 0 Å². The van der Waals surface area contributed by atoms with E-state index in [1.165, 1.54) is 12.0 Å². The number of hydrogen-bond acceptors (Lipinski definition) is 0. The molecule has 0 radical (unpaired) electrons. The number of benzene rings is 1. The molecular weight excluding hydrogens is 216 g/mol. The molecule has 0 saturated carbocycles. The molecule has 0 heterocycles. The molecule has 0 aliphatic heterocycles. The van der Waals surface area contributed by atoms with Gasteiger partial charge in [-0.25, -0.2) is 0 Å². The molecule has 0 spiro atoms. The van der Waals surface area contributed by atoms with E-state index in [1.54, 1.807) is 16.7 Å². The summed E-state index contributed by atoms with van der Waals surface area (Å²) in [7, 11) is 0. The van der Waals surface area contributed by atoms with E-state index in [2.05, 4.69) is 60.6 Å². The van der Waals surface area contributed by atoms with E-state index < -0.39 is 0 Å². The molecule has 0 amide bonds. The summed E-state index contributed by atoms with van der Waals surface area (Å²) < 4.78 is 0. The quantitative estimate of drug-likeness (QED) is 0.625. The second-order valence-corrected chi connectivity index (χ2v) is 6.51. The molecule has 0 fully saturated rings. The van der Waals surface area contributed by atoms with Crippen molar-refractivity contribution in [2.75, 3.05) is 0 Å². The van der Waals surface area contributed by atoms with E-state index >= 15 is 0 Å². The van der Waals surface area contributed by atoms with Gasteiger partial charge in [-0.05, 0) is 52.8 Å². The predicted octanol–water partition coefficient (Wildman–Crippen LogP) is 5.69. The first kappa shape index (κ1) is 15.3. The smallest absolute Gasteiger partial charge is 0.0216 e. The number of rotatable bonds is 5. The fourth-order valence-electron chi connectivity index (χ4n) is 2.60. The third-order valence-electron chi connectivity index (χ3n) is 3.68. The molecule has 0 aromatic heterocycles. The summed E-state index contributed by atoms with van der Waals surface area (Å²) in [6.45, 7) is 16.2. The van der Waals surface area contributed by atoms with Gasteiger partial charge in [-0.1, -0.05) is 60.6 Å². The largest absolute Gasteiger partial charge is 0.0625 e. The Morgan fingerprint density at radius 1 is 0.889 bits per heavy atom. The minimum atomic E-state index is 0.626. The zero-order valence-electron chi connectivity index (χ0n) is 13.3. The summed E-state index contributed by atoms with van der Waals surface area (Å²) in [6.07, 6.45) is 2.37. The van der Waals surface area contributed by atoms with E-state index in [-0.39, 0.29) is 0 Å². The van der Waals surface area contributed by atoms with Gasteiger partial charge >= 0.3 is 0 Å². The Morgan fingerprint density at radius 3 is 1.89 bits per heavy atom. The van der Waals surface area contributed by atoms with Gasteiger partial charge in [0.2, 0.25) is 0 Å². The van der Waals surface area contributed by atoms with Gasteiger partial charge in [-0.2, -0.15) is 0 Å². The summed E-state index contributed by atoms with van der Waals surface area (Å²) in [4.78, 5) is 0. The summed E-state index contributed by atoms with van der Waals surface area (Å²) in [5, 5.41) is 0. The molecule has 0 aliphatic rings.